The lowest BCUT2D eigenvalue weighted by atomic mass is 10.2. The number of hydrazine groups is 1. The van der Waals surface area contributed by atoms with Gasteiger partial charge in [0.05, 0.1) is 0 Å². The summed E-state index contributed by atoms with van der Waals surface area (Å²) in [5.41, 5.74) is 8.25. The number of carbonyl (C=O) groups is 1. The molecule has 1 rings (SSSR count). The molecule has 0 aliphatic heterocycles. The van der Waals surface area contributed by atoms with Crippen LogP contribution in [0.3, 0.4) is 0 Å². The molecule has 0 aromatic heterocycles. The fourth-order valence-corrected chi connectivity index (χ4v) is 2.08. The van der Waals surface area contributed by atoms with E-state index in [2.05, 4.69) is 5.43 Å². The first-order valence-electron chi connectivity index (χ1n) is 4.73. The van der Waals surface area contributed by atoms with Gasteiger partial charge in [-0.15, -0.1) is 11.8 Å². The summed E-state index contributed by atoms with van der Waals surface area (Å²) in [6, 6.07) is 4.16. The van der Waals surface area contributed by atoms with Crippen LogP contribution in [0.1, 0.15) is 6.92 Å². The van der Waals surface area contributed by atoms with Gasteiger partial charge < -0.3 is 5.73 Å². The lowest BCUT2D eigenvalue weighted by Gasteiger charge is -2.10. The largest absolute Gasteiger partial charge is 0.398 e. The van der Waals surface area contributed by atoms with Crippen LogP contribution in [0.25, 0.3) is 0 Å². The molecule has 1 aromatic carbocycles. The molecule has 88 valence electrons. The van der Waals surface area contributed by atoms with Crippen molar-refractivity contribution in [2.24, 2.45) is 11.8 Å². The molecule has 5 N–H and O–H groups in total. The van der Waals surface area contributed by atoms with Gasteiger partial charge in [-0.05, 0) is 18.2 Å². The normalized spacial score (nSPS) is 12.2. The zero-order valence-corrected chi connectivity index (χ0v) is 9.68. The summed E-state index contributed by atoms with van der Waals surface area (Å²) < 4.78 is 12.9. The maximum absolute atomic E-state index is 12.9. The Bertz CT molecular complexity index is 386. The van der Waals surface area contributed by atoms with Crippen molar-refractivity contribution in [3.8, 4) is 0 Å². The maximum Gasteiger partial charge on any atom is 0.237 e. The Labute approximate surface area is 97.5 Å². The molecule has 0 saturated heterocycles. The smallest absolute Gasteiger partial charge is 0.237 e. The van der Waals surface area contributed by atoms with E-state index in [1.165, 1.54) is 30.0 Å². The predicted octanol–water partition coefficient (Wildman–Crippen LogP) is 1.13. The lowest BCUT2D eigenvalue weighted by molar-refractivity contribution is -0.123. The van der Waals surface area contributed by atoms with Crippen molar-refractivity contribution in [1.29, 1.82) is 0 Å². The Kier molecular flexibility index (Phi) is 4.57. The van der Waals surface area contributed by atoms with Gasteiger partial charge in [-0.1, -0.05) is 6.92 Å². The van der Waals surface area contributed by atoms with Crippen molar-refractivity contribution >= 4 is 23.4 Å². The van der Waals surface area contributed by atoms with Crippen molar-refractivity contribution in [3.63, 3.8) is 0 Å². The van der Waals surface area contributed by atoms with Crippen LogP contribution in [-0.2, 0) is 4.79 Å². The molecule has 0 aliphatic rings. The fraction of sp³-hybridized carbons (Fsp3) is 0.300. The Balaban J connectivity index is 2.60. The van der Waals surface area contributed by atoms with Gasteiger partial charge in [-0.3, -0.25) is 10.2 Å². The molecular weight excluding hydrogens is 229 g/mol. The van der Waals surface area contributed by atoms with E-state index in [-0.39, 0.29) is 17.6 Å². The molecule has 6 heteroatoms. The van der Waals surface area contributed by atoms with Crippen molar-refractivity contribution in [2.45, 2.75) is 11.8 Å². The standard InChI is InChI=1S/C10H14FN3OS/c1-6(10(15)14-13)5-16-9-4-7(11)2-3-8(9)12/h2-4,6H,5,12-13H2,1H3,(H,14,15). The van der Waals surface area contributed by atoms with E-state index in [0.29, 0.717) is 16.3 Å². The van der Waals surface area contributed by atoms with Crippen LogP contribution in [0.5, 0.6) is 0 Å². The van der Waals surface area contributed by atoms with E-state index < -0.39 is 0 Å². The van der Waals surface area contributed by atoms with E-state index in [9.17, 15) is 9.18 Å². The number of hydrogen-bond acceptors (Lipinski definition) is 4. The summed E-state index contributed by atoms with van der Waals surface area (Å²) in [6.07, 6.45) is 0. The van der Waals surface area contributed by atoms with Crippen molar-refractivity contribution in [2.75, 3.05) is 11.5 Å². The predicted molar refractivity (Wildman–Crippen MR) is 63.0 cm³/mol. The van der Waals surface area contributed by atoms with Crippen LogP contribution in [0.2, 0.25) is 0 Å². The van der Waals surface area contributed by atoms with Crippen molar-refractivity contribution in [3.05, 3.63) is 24.0 Å². The molecule has 0 heterocycles. The topological polar surface area (TPSA) is 81.1 Å². The minimum atomic E-state index is -0.340. The summed E-state index contributed by atoms with van der Waals surface area (Å²) in [6.45, 7) is 1.74. The number of rotatable bonds is 4. The summed E-state index contributed by atoms with van der Waals surface area (Å²) in [7, 11) is 0. The summed E-state index contributed by atoms with van der Waals surface area (Å²) in [5.74, 6) is 4.66. The second kappa shape index (κ2) is 5.72. The van der Waals surface area contributed by atoms with Crippen LogP contribution in [0.4, 0.5) is 10.1 Å². The maximum atomic E-state index is 12.9. The fourth-order valence-electron chi connectivity index (χ4n) is 1.07. The molecule has 16 heavy (non-hydrogen) atoms. The quantitative estimate of drug-likeness (QED) is 0.243. The molecular formula is C10H14FN3OS. The second-order valence-electron chi connectivity index (χ2n) is 3.40. The Morgan fingerprint density at radius 2 is 2.31 bits per heavy atom. The minimum Gasteiger partial charge on any atom is -0.398 e. The van der Waals surface area contributed by atoms with Crippen LogP contribution in [0, 0.1) is 11.7 Å². The number of thioether (sulfide) groups is 1. The highest BCUT2D eigenvalue weighted by Crippen LogP contribution is 2.27. The molecule has 0 aliphatic carbocycles. The van der Waals surface area contributed by atoms with E-state index in [1.54, 1.807) is 6.92 Å². The highest BCUT2D eigenvalue weighted by molar-refractivity contribution is 7.99. The van der Waals surface area contributed by atoms with E-state index in [0.717, 1.165) is 0 Å². The SMILES string of the molecule is CC(CSc1cc(F)ccc1N)C(=O)NN. The van der Waals surface area contributed by atoms with E-state index in [4.69, 9.17) is 11.6 Å². The Morgan fingerprint density at radius 1 is 1.62 bits per heavy atom. The Morgan fingerprint density at radius 3 is 2.94 bits per heavy atom. The van der Waals surface area contributed by atoms with Gasteiger partial charge in [0, 0.05) is 22.3 Å². The number of nitrogen functional groups attached to an aromatic ring is 1. The third-order valence-corrected chi connectivity index (χ3v) is 3.39. The summed E-state index contributed by atoms with van der Waals surface area (Å²) in [5, 5.41) is 0. The van der Waals surface area contributed by atoms with Gasteiger partial charge in [0.25, 0.3) is 0 Å². The third-order valence-electron chi connectivity index (χ3n) is 2.05. The highest BCUT2D eigenvalue weighted by atomic mass is 32.2. The minimum absolute atomic E-state index is 0.248. The van der Waals surface area contributed by atoms with Crippen LogP contribution in [0.15, 0.2) is 23.1 Å². The molecule has 4 nitrogen and oxygen atoms in total. The molecule has 1 unspecified atom stereocenters. The van der Waals surface area contributed by atoms with Gasteiger partial charge >= 0.3 is 0 Å². The number of anilines is 1. The number of nitrogens with one attached hydrogen (secondary N) is 1. The molecule has 0 bridgehead atoms. The average Bonchev–Trinajstić information content (AvgIpc) is 2.28. The molecule has 1 atom stereocenters. The Hall–Kier alpha value is -1.27. The highest BCUT2D eigenvalue weighted by Gasteiger charge is 2.12. The van der Waals surface area contributed by atoms with Crippen LogP contribution in [-0.4, -0.2) is 11.7 Å². The monoisotopic (exact) mass is 243 g/mol. The van der Waals surface area contributed by atoms with Gasteiger partial charge in [0.1, 0.15) is 5.82 Å². The molecule has 0 fully saturated rings. The van der Waals surface area contributed by atoms with Crippen molar-refractivity contribution < 1.29 is 9.18 Å². The lowest BCUT2D eigenvalue weighted by Crippen LogP contribution is -2.35. The molecule has 0 spiro atoms. The summed E-state index contributed by atoms with van der Waals surface area (Å²) >= 11 is 1.33. The van der Waals surface area contributed by atoms with E-state index >= 15 is 0 Å². The molecule has 0 saturated carbocycles. The second-order valence-corrected chi connectivity index (χ2v) is 4.46. The van der Waals surface area contributed by atoms with Gasteiger partial charge in [0.15, 0.2) is 0 Å². The number of amides is 1. The summed E-state index contributed by atoms with van der Waals surface area (Å²) in [4.78, 5) is 11.8. The molecule has 1 aromatic rings. The average molecular weight is 243 g/mol. The number of hydrogen-bond donors (Lipinski definition) is 3. The van der Waals surface area contributed by atoms with Gasteiger partial charge in [0.2, 0.25) is 5.91 Å². The first-order chi connectivity index (χ1) is 7.54. The zero-order valence-electron chi connectivity index (χ0n) is 8.87. The van der Waals surface area contributed by atoms with Crippen molar-refractivity contribution in [1.82, 2.24) is 5.43 Å². The number of halogens is 1. The van der Waals surface area contributed by atoms with Crippen LogP contribution >= 0.6 is 11.8 Å². The third kappa shape index (κ3) is 3.39. The first-order valence-corrected chi connectivity index (χ1v) is 5.71. The number of nitrogens with two attached hydrogens (primary N) is 2. The van der Waals surface area contributed by atoms with E-state index in [1.807, 2.05) is 0 Å². The number of benzene rings is 1. The number of carbonyl (C=O) groups excluding carboxylic acids is 1. The first kappa shape index (κ1) is 12.8. The molecule has 1 amide bonds. The van der Waals surface area contributed by atoms with Gasteiger partial charge in [-0.25, -0.2) is 10.2 Å². The molecule has 0 radical (unpaired) electrons. The zero-order chi connectivity index (χ0) is 12.1. The van der Waals surface area contributed by atoms with Gasteiger partial charge in [-0.2, -0.15) is 0 Å². The van der Waals surface area contributed by atoms with Crippen LogP contribution < -0.4 is 17.0 Å².